The number of carbonyl (C=O) groups is 1. The first-order valence-electron chi connectivity index (χ1n) is 10.1. The topological polar surface area (TPSA) is 65.0 Å². The van der Waals surface area contributed by atoms with E-state index in [1.165, 1.54) is 30.3 Å². The molecule has 2 bridgehead atoms. The molecule has 1 aliphatic carbocycles. The van der Waals surface area contributed by atoms with Gasteiger partial charge in [-0.3, -0.25) is 0 Å². The number of hydrogen-bond donors (Lipinski definition) is 1. The lowest BCUT2D eigenvalue weighted by Gasteiger charge is -2.53. The van der Waals surface area contributed by atoms with Gasteiger partial charge in [-0.2, -0.15) is 0 Å². The summed E-state index contributed by atoms with van der Waals surface area (Å²) < 4.78 is 44.6. The highest BCUT2D eigenvalue weighted by Crippen LogP contribution is 2.55. The summed E-state index contributed by atoms with van der Waals surface area (Å²) in [4.78, 5) is 10.6. The summed E-state index contributed by atoms with van der Waals surface area (Å²) in [6, 6.07) is 10.2. The van der Waals surface area contributed by atoms with Crippen LogP contribution < -0.4 is 4.74 Å². The number of hydrogen-bond acceptors (Lipinski definition) is 4. The van der Waals surface area contributed by atoms with E-state index in [1.54, 1.807) is 12.1 Å². The Labute approximate surface area is 173 Å². The van der Waals surface area contributed by atoms with Crippen LogP contribution in [0.15, 0.2) is 42.5 Å². The highest BCUT2D eigenvalue weighted by atomic mass is 19.1. The maximum atomic E-state index is 14.3. The Hall–Kier alpha value is -2.51. The fourth-order valence-electron chi connectivity index (χ4n) is 4.40. The first-order chi connectivity index (χ1) is 14.4. The predicted molar refractivity (Wildman–Crippen MR) is 104 cm³/mol. The van der Waals surface area contributed by atoms with Gasteiger partial charge in [-0.1, -0.05) is 6.07 Å². The Balaban J connectivity index is 1.44. The molecule has 3 fully saturated rings. The molecule has 5 nitrogen and oxygen atoms in total. The van der Waals surface area contributed by atoms with E-state index < -0.39 is 17.4 Å². The van der Waals surface area contributed by atoms with Crippen molar-refractivity contribution < 1.29 is 32.9 Å². The molecule has 1 N–H and O–H groups in total. The zero-order valence-corrected chi connectivity index (χ0v) is 16.5. The third-order valence-electron chi connectivity index (χ3n) is 6.27. The third-order valence-corrected chi connectivity index (χ3v) is 6.27. The summed E-state index contributed by atoms with van der Waals surface area (Å²) >= 11 is 0. The molecule has 0 aromatic heterocycles. The molecule has 7 heteroatoms. The number of ether oxygens (including phenoxy) is 3. The number of carboxylic acids is 1. The molecule has 5 rings (SSSR count). The summed E-state index contributed by atoms with van der Waals surface area (Å²) in [5.41, 5.74) is 0.405. The van der Waals surface area contributed by atoms with E-state index in [2.05, 4.69) is 0 Å². The van der Waals surface area contributed by atoms with Gasteiger partial charge in [-0.05, 0) is 79.5 Å². The highest BCUT2D eigenvalue weighted by molar-refractivity contribution is 5.67. The number of aliphatic carboxylic acids is 1. The first kappa shape index (κ1) is 20.8. The van der Waals surface area contributed by atoms with Crippen LogP contribution in [-0.2, 0) is 19.9 Å². The van der Waals surface area contributed by atoms with Gasteiger partial charge in [0.25, 0.3) is 0 Å². The molecule has 2 aliphatic heterocycles. The number of carboxylic acid groups (broad SMARTS) is 1. The van der Waals surface area contributed by atoms with Gasteiger partial charge in [-0.15, -0.1) is 0 Å². The van der Waals surface area contributed by atoms with Crippen LogP contribution in [0.2, 0.25) is 0 Å². The predicted octanol–water partition coefficient (Wildman–Crippen LogP) is 5.03. The zero-order valence-electron chi connectivity index (χ0n) is 16.5. The summed E-state index contributed by atoms with van der Waals surface area (Å²) in [5.74, 6) is -1.40. The second-order valence-electron chi connectivity index (χ2n) is 8.18. The largest absolute Gasteiger partial charge is 0.480 e. The molecule has 0 radical (unpaired) electrons. The Morgan fingerprint density at radius 1 is 1.07 bits per heavy atom. The fourth-order valence-corrected chi connectivity index (χ4v) is 4.40. The van der Waals surface area contributed by atoms with Gasteiger partial charge in [0.1, 0.15) is 18.2 Å². The molecule has 30 heavy (non-hydrogen) atoms. The van der Waals surface area contributed by atoms with Crippen molar-refractivity contribution in [3.8, 4) is 11.5 Å². The molecule has 0 spiro atoms. The molecule has 0 atom stereocenters. The van der Waals surface area contributed by atoms with Crippen LogP contribution in [-0.4, -0.2) is 30.9 Å². The lowest BCUT2D eigenvalue weighted by molar-refractivity contribution is -0.194. The Bertz CT molecular complexity index is 888. The SMILES string of the molecule is O=C(O)COCCC12CCC(c3ccc(F)c(Oc4ccc(F)cc4)c3)(CC1)OC2. The van der Waals surface area contributed by atoms with Crippen molar-refractivity contribution >= 4 is 5.97 Å². The minimum Gasteiger partial charge on any atom is -0.480 e. The number of rotatable bonds is 8. The minimum atomic E-state index is -0.968. The molecule has 3 aliphatic rings. The Morgan fingerprint density at radius 3 is 2.43 bits per heavy atom. The van der Waals surface area contributed by atoms with Gasteiger partial charge < -0.3 is 19.3 Å². The van der Waals surface area contributed by atoms with Crippen LogP contribution in [0.1, 0.15) is 37.7 Å². The quantitative estimate of drug-likeness (QED) is 0.609. The zero-order chi connectivity index (χ0) is 21.2. The summed E-state index contributed by atoms with van der Waals surface area (Å²) in [6.07, 6.45) is 4.24. The van der Waals surface area contributed by atoms with E-state index in [9.17, 15) is 13.6 Å². The van der Waals surface area contributed by atoms with Crippen molar-refractivity contribution in [2.24, 2.45) is 5.41 Å². The second-order valence-corrected chi connectivity index (χ2v) is 8.18. The second kappa shape index (κ2) is 8.32. The molecule has 2 aromatic carbocycles. The van der Waals surface area contributed by atoms with Gasteiger partial charge in [-0.25, -0.2) is 13.6 Å². The van der Waals surface area contributed by atoms with Crippen molar-refractivity contribution in [1.29, 1.82) is 0 Å². The van der Waals surface area contributed by atoms with Crippen LogP contribution in [0.3, 0.4) is 0 Å². The molecule has 0 amide bonds. The van der Waals surface area contributed by atoms with E-state index in [-0.39, 0.29) is 23.6 Å². The monoisotopic (exact) mass is 418 g/mol. The van der Waals surface area contributed by atoms with E-state index in [4.69, 9.17) is 19.3 Å². The molecule has 160 valence electrons. The minimum absolute atomic E-state index is 0.00766. The van der Waals surface area contributed by atoms with E-state index >= 15 is 0 Å². The van der Waals surface area contributed by atoms with Gasteiger partial charge in [0.05, 0.1) is 12.2 Å². The normalized spacial score (nSPS) is 25.3. The molecule has 2 saturated heterocycles. The van der Waals surface area contributed by atoms with Crippen LogP contribution in [0.4, 0.5) is 8.78 Å². The fraction of sp³-hybridized carbons (Fsp3) is 0.435. The van der Waals surface area contributed by atoms with Gasteiger partial charge in [0, 0.05) is 6.61 Å². The van der Waals surface area contributed by atoms with Crippen molar-refractivity contribution in [1.82, 2.24) is 0 Å². The van der Waals surface area contributed by atoms with E-state index in [1.807, 2.05) is 0 Å². The number of fused-ring (bicyclic) bond motifs is 3. The average molecular weight is 418 g/mol. The lowest BCUT2D eigenvalue weighted by atomic mass is 9.63. The Morgan fingerprint density at radius 2 is 1.80 bits per heavy atom. The maximum Gasteiger partial charge on any atom is 0.329 e. The van der Waals surface area contributed by atoms with Crippen molar-refractivity contribution in [3.05, 3.63) is 59.7 Å². The van der Waals surface area contributed by atoms with Gasteiger partial charge in [0.2, 0.25) is 0 Å². The molecule has 0 unspecified atom stereocenters. The van der Waals surface area contributed by atoms with Crippen LogP contribution in [0.25, 0.3) is 0 Å². The highest BCUT2D eigenvalue weighted by Gasteiger charge is 2.50. The third kappa shape index (κ3) is 4.32. The summed E-state index contributed by atoms with van der Waals surface area (Å²) in [6.45, 7) is 0.678. The van der Waals surface area contributed by atoms with Crippen LogP contribution in [0.5, 0.6) is 11.5 Å². The molecule has 2 heterocycles. The molecule has 1 saturated carbocycles. The molecular weight excluding hydrogens is 394 g/mol. The van der Waals surface area contributed by atoms with E-state index in [0.29, 0.717) is 19.0 Å². The lowest BCUT2D eigenvalue weighted by Crippen LogP contribution is -2.49. The van der Waals surface area contributed by atoms with Crippen molar-refractivity contribution in [2.45, 2.75) is 37.7 Å². The number of benzene rings is 2. The average Bonchev–Trinajstić information content (AvgIpc) is 2.75. The van der Waals surface area contributed by atoms with Crippen LogP contribution >= 0.6 is 0 Å². The standard InChI is InChI=1S/C23H24F2O5/c24-17-2-4-18(5-3-17)30-20-13-16(1-6-19(20)25)23-9-7-22(8-10-23,15-29-23)11-12-28-14-21(26)27/h1-6,13H,7-12,14-15H2,(H,26,27). The summed E-state index contributed by atoms with van der Waals surface area (Å²) in [7, 11) is 0. The van der Waals surface area contributed by atoms with Crippen molar-refractivity contribution in [3.63, 3.8) is 0 Å². The van der Waals surface area contributed by atoms with Gasteiger partial charge >= 0.3 is 5.97 Å². The molecular formula is C23H24F2O5. The van der Waals surface area contributed by atoms with Gasteiger partial charge in [0.15, 0.2) is 11.6 Å². The maximum absolute atomic E-state index is 14.3. The summed E-state index contributed by atoms with van der Waals surface area (Å²) in [5, 5.41) is 8.68. The Kier molecular flexibility index (Phi) is 5.75. The van der Waals surface area contributed by atoms with Crippen LogP contribution in [0, 0.1) is 17.0 Å². The van der Waals surface area contributed by atoms with E-state index in [0.717, 1.165) is 37.7 Å². The smallest absolute Gasteiger partial charge is 0.329 e. The first-order valence-corrected chi connectivity index (χ1v) is 10.1. The molecule has 2 aromatic rings. The number of halogens is 2. The van der Waals surface area contributed by atoms with Crippen molar-refractivity contribution in [2.75, 3.05) is 19.8 Å².